The van der Waals surface area contributed by atoms with Crippen molar-refractivity contribution in [2.75, 3.05) is 39.8 Å². The fourth-order valence-corrected chi connectivity index (χ4v) is 9.28. The topological polar surface area (TPSA) is 303 Å². The highest BCUT2D eigenvalue weighted by atomic mass is 32.2. The average Bonchev–Trinajstić information content (AvgIpc) is 2.95. The first kappa shape index (κ1) is 40.4. The monoisotopic (exact) mass is 736 g/mol. The first-order valence-corrected chi connectivity index (χ1v) is 17.8. The number of carbonyl (C=O) groups is 1. The molecule has 3 saturated heterocycles. The SMILES string of the molecule is CCC1(C)C(C(=O)O)OC(C)(OC2(C)C(CN3CCN(/[N+]([O-])=N/[O-])CC3)OC(C)(OC)C(NS(=O)(=O)O)C2S(=O)(=O)O)C(C)(O)C1(C)O. The number of piperazine rings is 1. The summed E-state index contributed by atoms with van der Waals surface area (Å²) in [5.41, 5.74) is -9.10. The number of ether oxygens (including phenoxy) is 4. The zero-order valence-corrected chi connectivity index (χ0v) is 29.5. The Morgan fingerprint density at radius 3 is 1.98 bits per heavy atom. The summed E-state index contributed by atoms with van der Waals surface area (Å²) in [6.07, 6.45) is -3.49. The highest BCUT2D eigenvalue weighted by Gasteiger charge is 2.75. The zero-order chi connectivity index (χ0) is 37.1. The molecule has 10 unspecified atom stereocenters. The number of carboxylic acid groups (broad SMARTS) is 1. The van der Waals surface area contributed by atoms with Gasteiger partial charge in [0, 0.05) is 37.1 Å². The molecule has 48 heavy (non-hydrogen) atoms. The van der Waals surface area contributed by atoms with Crippen LogP contribution in [0, 0.1) is 15.8 Å². The molecule has 0 spiro atoms. The summed E-state index contributed by atoms with van der Waals surface area (Å²) in [7, 11) is -9.72. The van der Waals surface area contributed by atoms with Crippen LogP contribution >= 0.6 is 0 Å². The smallest absolute Gasteiger partial charge is 0.333 e. The van der Waals surface area contributed by atoms with E-state index in [1.165, 1.54) is 6.92 Å². The Morgan fingerprint density at radius 2 is 1.56 bits per heavy atom. The maximum Gasteiger partial charge on any atom is 0.333 e. The predicted molar refractivity (Wildman–Crippen MR) is 162 cm³/mol. The van der Waals surface area contributed by atoms with Gasteiger partial charge in [-0.2, -0.15) is 21.6 Å². The van der Waals surface area contributed by atoms with E-state index in [1.807, 2.05) is 0 Å². The lowest BCUT2D eigenvalue weighted by Crippen LogP contribution is -2.83. The molecule has 3 aliphatic rings. The number of hydrazine groups is 1. The number of hydrogen-bond acceptors (Lipinski definition) is 15. The van der Waals surface area contributed by atoms with Gasteiger partial charge in [0.05, 0.1) is 19.1 Å². The molecule has 0 aromatic carbocycles. The van der Waals surface area contributed by atoms with Crippen LogP contribution in [-0.2, 0) is 44.2 Å². The van der Waals surface area contributed by atoms with Gasteiger partial charge in [0.2, 0.25) is 0 Å². The molecule has 0 saturated carbocycles. The quantitative estimate of drug-likeness (QED) is 0.0618. The van der Waals surface area contributed by atoms with Crippen LogP contribution in [0.3, 0.4) is 0 Å². The summed E-state index contributed by atoms with van der Waals surface area (Å²) < 4.78 is 97.1. The van der Waals surface area contributed by atoms with Crippen LogP contribution in [0.25, 0.3) is 0 Å². The van der Waals surface area contributed by atoms with E-state index < -0.39 is 83.7 Å². The van der Waals surface area contributed by atoms with E-state index in [0.29, 0.717) is 0 Å². The molecular formula is C25H46N5O16S2-. The fraction of sp³-hybridized carbons (Fsp3) is 0.960. The third-order valence-electron chi connectivity index (χ3n) is 10.8. The second-order valence-corrected chi connectivity index (χ2v) is 16.1. The van der Waals surface area contributed by atoms with Gasteiger partial charge in [0.25, 0.3) is 10.1 Å². The van der Waals surface area contributed by atoms with Crippen molar-refractivity contribution in [1.82, 2.24) is 14.6 Å². The highest BCUT2D eigenvalue weighted by molar-refractivity contribution is 7.86. The van der Waals surface area contributed by atoms with E-state index in [0.717, 1.165) is 46.7 Å². The van der Waals surface area contributed by atoms with Crippen molar-refractivity contribution in [2.45, 2.75) is 107 Å². The van der Waals surface area contributed by atoms with Crippen LogP contribution in [-0.4, -0.2) is 154 Å². The molecule has 6 N–H and O–H groups in total. The number of rotatable bonds is 11. The molecule has 21 nitrogen and oxygen atoms in total. The minimum atomic E-state index is -5.50. The third kappa shape index (κ3) is 6.71. The number of carboxylic acids is 1. The highest BCUT2D eigenvalue weighted by Crippen LogP contribution is 2.57. The second-order valence-electron chi connectivity index (χ2n) is 13.4. The van der Waals surface area contributed by atoms with E-state index in [-0.39, 0.29) is 44.1 Å². The first-order valence-electron chi connectivity index (χ1n) is 14.9. The van der Waals surface area contributed by atoms with Gasteiger partial charge < -0.3 is 44.7 Å². The van der Waals surface area contributed by atoms with Gasteiger partial charge >= 0.3 is 16.3 Å². The minimum Gasteiger partial charge on any atom is -0.737 e. The molecule has 10 atom stereocenters. The number of aliphatic hydroxyl groups is 2. The van der Waals surface area contributed by atoms with Gasteiger partial charge in [0.1, 0.15) is 28.2 Å². The van der Waals surface area contributed by atoms with Crippen molar-refractivity contribution in [1.29, 1.82) is 0 Å². The Balaban J connectivity index is 2.27. The van der Waals surface area contributed by atoms with Crippen molar-refractivity contribution in [3.63, 3.8) is 0 Å². The molecule has 3 rings (SSSR count). The van der Waals surface area contributed by atoms with Gasteiger partial charge in [-0.25, -0.2) is 4.79 Å². The second kappa shape index (κ2) is 12.9. The predicted octanol–water partition coefficient (Wildman–Crippen LogP) is -1.35. The Bertz CT molecular complexity index is 1470. The summed E-state index contributed by atoms with van der Waals surface area (Å²) in [5, 5.41) is 57.5. The number of nitrogens with zero attached hydrogens (tertiary/aromatic N) is 4. The molecule has 3 heterocycles. The number of aliphatic carboxylic acids is 1. The largest absolute Gasteiger partial charge is 0.737 e. The Hall–Kier alpha value is -2.03. The van der Waals surface area contributed by atoms with Crippen molar-refractivity contribution >= 4 is 26.4 Å². The first-order chi connectivity index (χ1) is 21.6. The Labute approximate surface area is 278 Å². The molecule has 0 aromatic rings. The van der Waals surface area contributed by atoms with E-state index in [9.17, 15) is 56.5 Å². The van der Waals surface area contributed by atoms with Gasteiger partial charge in [-0.3, -0.25) is 14.0 Å². The number of nitrogens with one attached hydrogen (secondary N) is 1. The van der Waals surface area contributed by atoms with Gasteiger partial charge in [-0.15, -0.1) is 5.01 Å². The minimum absolute atomic E-state index is 0.0238. The van der Waals surface area contributed by atoms with Gasteiger partial charge in [0.15, 0.2) is 17.7 Å². The lowest BCUT2D eigenvalue weighted by Gasteiger charge is -2.65. The molecule has 0 aliphatic carbocycles. The molecule has 23 heteroatoms. The summed E-state index contributed by atoms with van der Waals surface area (Å²) in [5.74, 6) is -6.47. The van der Waals surface area contributed by atoms with Crippen LogP contribution in [0.4, 0.5) is 0 Å². The lowest BCUT2D eigenvalue weighted by molar-refractivity contribution is -0.692. The summed E-state index contributed by atoms with van der Waals surface area (Å²) >= 11 is 0. The Kier molecular flexibility index (Phi) is 10.9. The maximum atomic E-state index is 13.3. The Morgan fingerprint density at radius 1 is 1.02 bits per heavy atom. The van der Waals surface area contributed by atoms with Crippen molar-refractivity contribution in [3.05, 3.63) is 10.4 Å². The van der Waals surface area contributed by atoms with Gasteiger partial charge in [-0.05, 0) is 46.3 Å². The van der Waals surface area contributed by atoms with Crippen LogP contribution in [0.2, 0.25) is 0 Å². The fourth-order valence-electron chi connectivity index (χ4n) is 7.07. The molecular weight excluding hydrogens is 690 g/mol. The lowest BCUT2D eigenvalue weighted by atomic mass is 9.57. The third-order valence-corrected chi connectivity index (χ3v) is 12.7. The molecule has 0 radical (unpaired) electrons. The normalized spacial score (nSPS) is 43.7. The summed E-state index contributed by atoms with van der Waals surface area (Å²) in [6, 6.07) is -2.17. The van der Waals surface area contributed by atoms with E-state index in [1.54, 1.807) is 16.5 Å². The summed E-state index contributed by atoms with van der Waals surface area (Å²) in [6.45, 7) is 8.17. The molecule has 0 bridgehead atoms. The van der Waals surface area contributed by atoms with Gasteiger partial charge in [-0.1, -0.05) is 13.8 Å². The molecule has 3 fully saturated rings. The van der Waals surface area contributed by atoms with E-state index >= 15 is 0 Å². The average molecular weight is 737 g/mol. The van der Waals surface area contributed by atoms with Crippen molar-refractivity contribution < 1.29 is 70.0 Å². The maximum absolute atomic E-state index is 13.3. The van der Waals surface area contributed by atoms with E-state index in [2.05, 4.69) is 5.28 Å². The van der Waals surface area contributed by atoms with Crippen LogP contribution in [0.15, 0.2) is 5.28 Å². The molecule has 0 amide bonds. The number of methoxy groups -OCH3 is 1. The van der Waals surface area contributed by atoms with Crippen LogP contribution in [0.1, 0.15) is 54.9 Å². The van der Waals surface area contributed by atoms with Crippen LogP contribution < -0.4 is 4.72 Å². The zero-order valence-electron chi connectivity index (χ0n) is 27.9. The van der Waals surface area contributed by atoms with Crippen LogP contribution in [0.5, 0.6) is 0 Å². The van der Waals surface area contributed by atoms with Crippen molar-refractivity contribution in [2.24, 2.45) is 10.7 Å². The molecule has 280 valence electrons. The number of hydrogen-bond donors (Lipinski definition) is 6. The van der Waals surface area contributed by atoms with E-state index in [4.69, 9.17) is 18.9 Å². The van der Waals surface area contributed by atoms with Crippen molar-refractivity contribution in [3.8, 4) is 0 Å². The molecule has 0 aromatic heterocycles. The standard InChI is InChI=1S/C25H47N5O16S2/c1-9-20(2)17(19(31)32)45-25(7,24(6,34)23(20,5)33)46-21(3)15(14-28-10-12-29(13-11-28)30(36)27-35)44-22(4,43-8)16(26-48(40,41)42)18(21)47(37,38)39/h15-18,26,33-35H,9-14H2,1-8H3,(H,31,32)(H,37,38,39)(H,40,41,42)/p-1/b30-27-. The summed E-state index contributed by atoms with van der Waals surface area (Å²) in [4.78, 5) is 14.1. The molecule has 3 aliphatic heterocycles.